The molecule has 1 aromatic rings. The average molecular weight is 266 g/mol. The third kappa shape index (κ3) is 3.37. The Morgan fingerprint density at radius 1 is 1.61 bits per heavy atom. The number of amides is 1. The van der Waals surface area contributed by atoms with Crippen molar-refractivity contribution in [2.24, 2.45) is 0 Å². The van der Waals surface area contributed by atoms with E-state index in [1.54, 1.807) is 4.90 Å². The van der Waals surface area contributed by atoms with Crippen molar-refractivity contribution in [2.45, 2.75) is 20.3 Å². The zero-order valence-corrected chi connectivity index (χ0v) is 11.5. The number of nitrogens with zero attached hydrogens (tertiary/aromatic N) is 2. The maximum absolute atomic E-state index is 12.3. The predicted molar refractivity (Wildman–Crippen MR) is 75.7 cm³/mol. The van der Waals surface area contributed by atoms with Gasteiger partial charge in [0.15, 0.2) is 5.13 Å². The van der Waals surface area contributed by atoms with Gasteiger partial charge >= 0.3 is 0 Å². The van der Waals surface area contributed by atoms with Crippen LogP contribution in [0.5, 0.6) is 0 Å². The van der Waals surface area contributed by atoms with Crippen LogP contribution < -0.4 is 11.1 Å². The minimum absolute atomic E-state index is 0.144. The van der Waals surface area contributed by atoms with Crippen LogP contribution in [0.15, 0.2) is 0 Å². The Hall–Kier alpha value is -1.74. The molecule has 1 heterocycles. The van der Waals surface area contributed by atoms with E-state index in [4.69, 9.17) is 12.2 Å². The molecular weight excluding hydrogens is 248 g/mol. The second-order valence-corrected chi connectivity index (χ2v) is 4.69. The fraction of sp³-hybridized carbons (Fsp3) is 0.500. The fourth-order valence-corrected chi connectivity index (χ4v) is 2.41. The zero-order valence-electron chi connectivity index (χ0n) is 10.7. The van der Waals surface area contributed by atoms with E-state index in [9.17, 15) is 4.79 Å². The number of hydrogen-bond donors (Lipinski definition) is 2. The molecule has 1 amide bonds. The van der Waals surface area contributed by atoms with E-state index in [2.05, 4.69) is 16.2 Å². The van der Waals surface area contributed by atoms with Gasteiger partial charge in [-0.25, -0.2) is 4.98 Å². The summed E-state index contributed by atoms with van der Waals surface area (Å²) in [5, 5.41) is 3.71. The molecule has 0 unspecified atom stereocenters. The molecule has 0 aliphatic rings. The van der Waals surface area contributed by atoms with E-state index in [-0.39, 0.29) is 11.7 Å². The quantitative estimate of drug-likeness (QED) is 0.768. The van der Waals surface area contributed by atoms with Crippen molar-refractivity contribution in [1.82, 2.24) is 9.88 Å². The lowest BCUT2D eigenvalue weighted by Gasteiger charge is -2.18. The summed E-state index contributed by atoms with van der Waals surface area (Å²) in [6, 6.07) is 0. The summed E-state index contributed by atoms with van der Waals surface area (Å²) >= 11 is 1.27. The number of carbonyl (C=O) groups is 1. The van der Waals surface area contributed by atoms with Crippen LogP contribution in [0.1, 0.15) is 29.9 Å². The SMILES string of the molecule is C#CCN(CCC)C(=O)c1sc(NCC)nc1N. The van der Waals surface area contributed by atoms with E-state index in [0.29, 0.717) is 23.1 Å². The molecule has 6 heteroatoms. The molecule has 0 fully saturated rings. The number of nitrogens with two attached hydrogens (primary N) is 1. The van der Waals surface area contributed by atoms with Crippen molar-refractivity contribution in [3.8, 4) is 12.3 Å². The van der Waals surface area contributed by atoms with Gasteiger partial charge in [-0.15, -0.1) is 6.42 Å². The highest BCUT2D eigenvalue weighted by molar-refractivity contribution is 7.18. The first-order valence-corrected chi connectivity index (χ1v) is 6.68. The number of aromatic nitrogens is 1. The van der Waals surface area contributed by atoms with Gasteiger partial charge in [0.1, 0.15) is 10.7 Å². The van der Waals surface area contributed by atoms with Crippen molar-refractivity contribution in [3.63, 3.8) is 0 Å². The Bertz CT molecular complexity index is 449. The van der Waals surface area contributed by atoms with Gasteiger partial charge in [0.05, 0.1) is 6.54 Å². The molecule has 0 spiro atoms. The minimum atomic E-state index is -0.144. The van der Waals surface area contributed by atoms with Crippen molar-refractivity contribution in [3.05, 3.63) is 4.88 Å². The summed E-state index contributed by atoms with van der Waals surface area (Å²) < 4.78 is 0. The number of thiazole rings is 1. The first-order valence-electron chi connectivity index (χ1n) is 5.86. The molecule has 0 atom stereocenters. The Labute approximate surface area is 111 Å². The molecule has 0 saturated heterocycles. The second-order valence-electron chi connectivity index (χ2n) is 3.69. The summed E-state index contributed by atoms with van der Waals surface area (Å²) in [5.74, 6) is 2.61. The number of carbonyl (C=O) groups excluding carboxylic acids is 1. The number of hydrogen-bond acceptors (Lipinski definition) is 5. The number of nitrogens with one attached hydrogen (secondary N) is 1. The Kier molecular flexibility index (Phi) is 5.46. The molecule has 98 valence electrons. The zero-order chi connectivity index (χ0) is 13.5. The standard InChI is InChI=1S/C12H18N4OS/c1-4-7-16(8-5-2)11(17)9-10(13)15-12(18-9)14-6-3/h1H,5-8,13H2,2-3H3,(H,14,15). The first kappa shape index (κ1) is 14.3. The van der Waals surface area contributed by atoms with Crippen molar-refractivity contribution >= 4 is 28.2 Å². The Morgan fingerprint density at radius 3 is 2.89 bits per heavy atom. The van der Waals surface area contributed by atoms with E-state index >= 15 is 0 Å². The molecule has 5 nitrogen and oxygen atoms in total. The number of rotatable bonds is 6. The van der Waals surface area contributed by atoms with E-state index in [1.807, 2.05) is 13.8 Å². The summed E-state index contributed by atoms with van der Waals surface area (Å²) in [6.45, 7) is 5.61. The molecular formula is C12H18N4OS. The summed E-state index contributed by atoms with van der Waals surface area (Å²) in [7, 11) is 0. The molecule has 1 aromatic heterocycles. The Balaban J connectivity index is 2.90. The number of nitrogen functional groups attached to an aromatic ring is 1. The molecule has 0 saturated carbocycles. The van der Waals surface area contributed by atoms with Crippen molar-refractivity contribution in [1.29, 1.82) is 0 Å². The van der Waals surface area contributed by atoms with Crippen LogP contribution in [0, 0.1) is 12.3 Å². The highest BCUT2D eigenvalue weighted by atomic mass is 32.1. The maximum Gasteiger partial charge on any atom is 0.268 e. The van der Waals surface area contributed by atoms with E-state index in [1.165, 1.54) is 11.3 Å². The van der Waals surface area contributed by atoms with E-state index < -0.39 is 0 Å². The highest BCUT2D eigenvalue weighted by Gasteiger charge is 2.21. The van der Waals surface area contributed by atoms with Gasteiger partial charge < -0.3 is 16.0 Å². The maximum atomic E-state index is 12.3. The highest BCUT2D eigenvalue weighted by Crippen LogP contribution is 2.26. The monoisotopic (exact) mass is 266 g/mol. The molecule has 0 aliphatic heterocycles. The smallest absolute Gasteiger partial charge is 0.268 e. The van der Waals surface area contributed by atoms with Gasteiger partial charge in [-0.3, -0.25) is 4.79 Å². The predicted octanol–water partition coefficient (Wildman–Crippen LogP) is 1.64. The van der Waals surface area contributed by atoms with E-state index in [0.717, 1.165) is 13.0 Å². The van der Waals surface area contributed by atoms with Gasteiger partial charge in [0.25, 0.3) is 5.91 Å². The van der Waals surface area contributed by atoms with Crippen LogP contribution in [0.3, 0.4) is 0 Å². The molecule has 18 heavy (non-hydrogen) atoms. The third-order valence-electron chi connectivity index (χ3n) is 2.24. The summed E-state index contributed by atoms with van der Waals surface area (Å²) in [6.07, 6.45) is 6.12. The first-order chi connectivity index (χ1) is 8.63. The van der Waals surface area contributed by atoms with Gasteiger partial charge in [-0.1, -0.05) is 24.2 Å². The molecule has 0 aliphatic carbocycles. The number of terminal acetylenes is 1. The average Bonchev–Trinajstić information content (AvgIpc) is 2.70. The normalized spacial score (nSPS) is 9.83. The fourth-order valence-electron chi connectivity index (χ4n) is 1.49. The van der Waals surface area contributed by atoms with Crippen LogP contribution in [0.25, 0.3) is 0 Å². The minimum Gasteiger partial charge on any atom is -0.382 e. The van der Waals surface area contributed by atoms with Crippen LogP contribution in [-0.2, 0) is 0 Å². The van der Waals surface area contributed by atoms with Crippen molar-refractivity contribution in [2.75, 3.05) is 30.7 Å². The summed E-state index contributed by atoms with van der Waals surface area (Å²) in [4.78, 5) is 18.4. The lowest BCUT2D eigenvalue weighted by atomic mass is 10.3. The third-order valence-corrected chi connectivity index (χ3v) is 3.26. The topological polar surface area (TPSA) is 71.2 Å². The molecule has 0 bridgehead atoms. The summed E-state index contributed by atoms with van der Waals surface area (Å²) in [5.41, 5.74) is 5.76. The molecule has 0 aromatic carbocycles. The second kappa shape index (κ2) is 6.87. The molecule has 1 rings (SSSR count). The van der Waals surface area contributed by atoms with Gasteiger partial charge in [0, 0.05) is 13.1 Å². The van der Waals surface area contributed by atoms with Crippen LogP contribution >= 0.6 is 11.3 Å². The van der Waals surface area contributed by atoms with Crippen molar-refractivity contribution < 1.29 is 4.79 Å². The lowest BCUT2D eigenvalue weighted by Crippen LogP contribution is -2.32. The molecule has 3 N–H and O–H groups in total. The largest absolute Gasteiger partial charge is 0.382 e. The van der Waals surface area contributed by atoms with Gasteiger partial charge in [0.2, 0.25) is 0 Å². The molecule has 0 radical (unpaired) electrons. The van der Waals surface area contributed by atoms with Crippen LogP contribution in [0.4, 0.5) is 10.9 Å². The lowest BCUT2D eigenvalue weighted by molar-refractivity contribution is 0.0782. The Morgan fingerprint density at radius 2 is 2.33 bits per heavy atom. The van der Waals surface area contributed by atoms with Gasteiger partial charge in [-0.2, -0.15) is 0 Å². The van der Waals surface area contributed by atoms with Crippen LogP contribution in [-0.4, -0.2) is 35.4 Å². The van der Waals surface area contributed by atoms with Crippen LogP contribution in [0.2, 0.25) is 0 Å². The number of anilines is 2. The van der Waals surface area contributed by atoms with Gasteiger partial charge in [-0.05, 0) is 13.3 Å².